The number of hydrogen-bond donors (Lipinski definition) is 1. The van der Waals surface area contributed by atoms with E-state index in [1.54, 1.807) is 25.4 Å². The molecule has 0 bridgehead atoms. The number of aryl methyl sites for hydroxylation is 1. The fourth-order valence-electron chi connectivity index (χ4n) is 3.01. The number of carbonyl (C=O) groups excluding carboxylic acids is 2. The first-order valence-corrected chi connectivity index (χ1v) is 10.3. The van der Waals surface area contributed by atoms with Crippen molar-refractivity contribution in [2.75, 3.05) is 13.7 Å². The normalized spacial score (nSPS) is 11.8. The molecule has 1 N–H and O–H groups in total. The molecule has 0 radical (unpaired) electrons. The second-order valence-electron chi connectivity index (χ2n) is 6.48. The summed E-state index contributed by atoms with van der Waals surface area (Å²) in [5, 5.41) is 3.88. The smallest absolute Gasteiger partial charge is 0.308 e. The number of hydrogen-bond acceptors (Lipinski definition) is 6. The van der Waals surface area contributed by atoms with Gasteiger partial charge in [-0.2, -0.15) is 0 Å². The molecule has 0 aliphatic rings. The number of esters is 1. The Morgan fingerprint density at radius 2 is 2.00 bits per heavy atom. The van der Waals surface area contributed by atoms with Crippen LogP contribution in [0.3, 0.4) is 0 Å². The summed E-state index contributed by atoms with van der Waals surface area (Å²) in [5.41, 5.74) is 1.75. The fraction of sp³-hybridized carbons (Fsp3) is 0.318. The number of nitrogens with one attached hydrogen (secondary N) is 1. The van der Waals surface area contributed by atoms with Crippen LogP contribution in [0.1, 0.15) is 36.4 Å². The topological polar surface area (TPSA) is 77.5 Å². The number of rotatable bonds is 9. The van der Waals surface area contributed by atoms with Gasteiger partial charge >= 0.3 is 5.97 Å². The van der Waals surface area contributed by atoms with E-state index in [0.717, 1.165) is 20.8 Å². The second-order valence-corrected chi connectivity index (χ2v) is 7.60. The average molecular weight is 413 g/mol. The van der Waals surface area contributed by atoms with Gasteiger partial charge in [0.1, 0.15) is 5.75 Å². The lowest BCUT2D eigenvalue weighted by atomic mass is 10.0. The first-order chi connectivity index (χ1) is 14.1. The molecule has 2 aromatic carbocycles. The maximum atomic E-state index is 12.6. The highest BCUT2D eigenvalue weighted by atomic mass is 32.1. The molecule has 0 aliphatic carbocycles. The van der Waals surface area contributed by atoms with Gasteiger partial charge in [-0.1, -0.05) is 24.3 Å². The maximum absolute atomic E-state index is 12.6. The minimum absolute atomic E-state index is 0.0634. The number of fused-ring (bicyclic) bond motifs is 1. The van der Waals surface area contributed by atoms with Crippen LogP contribution in [-0.2, 0) is 20.7 Å². The minimum Gasteiger partial charge on any atom is -0.497 e. The summed E-state index contributed by atoms with van der Waals surface area (Å²) in [4.78, 5) is 29.2. The van der Waals surface area contributed by atoms with Gasteiger partial charge in [0.15, 0.2) is 0 Å². The molecule has 1 unspecified atom stereocenters. The van der Waals surface area contributed by atoms with E-state index in [4.69, 9.17) is 9.47 Å². The molecule has 1 amide bonds. The predicted octanol–water partition coefficient (Wildman–Crippen LogP) is 4.05. The van der Waals surface area contributed by atoms with Crippen molar-refractivity contribution < 1.29 is 19.1 Å². The highest BCUT2D eigenvalue weighted by Crippen LogP contribution is 2.24. The van der Waals surface area contributed by atoms with E-state index in [2.05, 4.69) is 10.3 Å². The molecule has 0 spiro atoms. The monoisotopic (exact) mass is 412 g/mol. The highest BCUT2D eigenvalue weighted by molar-refractivity contribution is 7.18. The zero-order chi connectivity index (χ0) is 20.6. The molecule has 3 aromatic rings. The molecule has 0 saturated heterocycles. The fourth-order valence-corrected chi connectivity index (χ4v) is 3.98. The highest BCUT2D eigenvalue weighted by Gasteiger charge is 2.20. The van der Waals surface area contributed by atoms with Crippen LogP contribution in [0.4, 0.5) is 0 Å². The van der Waals surface area contributed by atoms with Crippen LogP contribution in [0.2, 0.25) is 0 Å². The average Bonchev–Trinajstić information content (AvgIpc) is 3.15. The number of benzene rings is 2. The van der Waals surface area contributed by atoms with Crippen LogP contribution in [0, 0.1) is 0 Å². The van der Waals surface area contributed by atoms with Gasteiger partial charge in [0.2, 0.25) is 5.91 Å². The largest absolute Gasteiger partial charge is 0.497 e. The Morgan fingerprint density at radius 1 is 1.17 bits per heavy atom. The van der Waals surface area contributed by atoms with E-state index in [1.807, 2.05) is 48.5 Å². The Balaban J connectivity index is 1.66. The molecule has 1 aromatic heterocycles. The van der Waals surface area contributed by atoms with E-state index in [9.17, 15) is 9.59 Å². The van der Waals surface area contributed by atoms with E-state index in [-0.39, 0.29) is 18.3 Å². The number of para-hydroxylation sites is 1. The quantitative estimate of drug-likeness (QED) is 0.537. The summed E-state index contributed by atoms with van der Waals surface area (Å²) in [5.74, 6) is 0.174. The zero-order valence-corrected chi connectivity index (χ0v) is 17.3. The molecule has 3 rings (SSSR count). The van der Waals surface area contributed by atoms with Crippen molar-refractivity contribution in [2.45, 2.75) is 32.2 Å². The number of aromatic nitrogens is 1. The van der Waals surface area contributed by atoms with Crippen molar-refractivity contribution in [1.29, 1.82) is 0 Å². The van der Waals surface area contributed by atoms with Crippen molar-refractivity contribution in [2.24, 2.45) is 0 Å². The maximum Gasteiger partial charge on any atom is 0.308 e. The molecule has 0 fully saturated rings. The van der Waals surface area contributed by atoms with Gasteiger partial charge in [0.25, 0.3) is 0 Å². The van der Waals surface area contributed by atoms with Crippen LogP contribution < -0.4 is 10.1 Å². The van der Waals surface area contributed by atoms with Gasteiger partial charge in [-0.3, -0.25) is 9.59 Å². The van der Waals surface area contributed by atoms with Gasteiger partial charge in [0.05, 0.1) is 41.4 Å². The second kappa shape index (κ2) is 10.0. The molecule has 0 saturated carbocycles. The van der Waals surface area contributed by atoms with Crippen LogP contribution >= 0.6 is 11.3 Å². The van der Waals surface area contributed by atoms with Gasteiger partial charge in [-0.25, -0.2) is 4.98 Å². The van der Waals surface area contributed by atoms with Gasteiger partial charge < -0.3 is 14.8 Å². The Bertz CT molecular complexity index is 953. The number of nitrogens with zero attached hydrogens (tertiary/aromatic N) is 1. The molecule has 7 heteroatoms. The molecule has 1 heterocycles. The summed E-state index contributed by atoms with van der Waals surface area (Å²) in [7, 11) is 1.58. The van der Waals surface area contributed by atoms with E-state index in [1.165, 1.54) is 0 Å². The lowest BCUT2D eigenvalue weighted by Crippen LogP contribution is -2.30. The Morgan fingerprint density at radius 3 is 2.76 bits per heavy atom. The summed E-state index contributed by atoms with van der Waals surface area (Å²) in [6, 6.07) is 14.8. The standard InChI is InChI=1S/C22H24N2O4S/c1-3-28-22(26)14-18(15-7-6-8-16(13-15)27-2)23-20(25)11-12-21-24-17-9-4-5-10-19(17)29-21/h4-10,13,18H,3,11-12,14H2,1-2H3,(H,23,25). The first-order valence-electron chi connectivity index (χ1n) is 9.52. The van der Waals surface area contributed by atoms with Gasteiger partial charge in [0, 0.05) is 12.8 Å². The van der Waals surface area contributed by atoms with Gasteiger partial charge in [-0.15, -0.1) is 11.3 Å². The first kappa shape index (κ1) is 20.8. The lowest BCUT2D eigenvalue weighted by molar-refractivity contribution is -0.143. The van der Waals surface area contributed by atoms with E-state index >= 15 is 0 Å². The van der Waals surface area contributed by atoms with E-state index < -0.39 is 6.04 Å². The summed E-state index contributed by atoms with van der Waals surface area (Å²) < 4.78 is 11.4. The molecule has 29 heavy (non-hydrogen) atoms. The van der Waals surface area contributed by atoms with Crippen molar-refractivity contribution in [3.8, 4) is 5.75 Å². The number of amides is 1. The molecule has 1 atom stereocenters. The lowest BCUT2D eigenvalue weighted by Gasteiger charge is -2.19. The zero-order valence-electron chi connectivity index (χ0n) is 16.5. The van der Waals surface area contributed by atoms with Crippen LogP contribution in [-0.4, -0.2) is 30.6 Å². The van der Waals surface area contributed by atoms with Crippen molar-refractivity contribution in [3.63, 3.8) is 0 Å². The third-order valence-electron chi connectivity index (χ3n) is 4.41. The van der Waals surface area contributed by atoms with Crippen molar-refractivity contribution in [1.82, 2.24) is 10.3 Å². The molecule has 152 valence electrons. The molecule has 0 aliphatic heterocycles. The molecule has 6 nitrogen and oxygen atoms in total. The SMILES string of the molecule is CCOC(=O)CC(NC(=O)CCc1nc2ccccc2s1)c1cccc(OC)c1. The van der Waals surface area contributed by atoms with Crippen LogP contribution in [0.25, 0.3) is 10.2 Å². The molecular weight excluding hydrogens is 388 g/mol. The summed E-state index contributed by atoms with van der Waals surface area (Å²) in [6.07, 6.45) is 0.909. The van der Waals surface area contributed by atoms with Crippen molar-refractivity contribution in [3.05, 3.63) is 59.1 Å². The van der Waals surface area contributed by atoms with Gasteiger partial charge in [-0.05, 0) is 36.8 Å². The van der Waals surface area contributed by atoms with Crippen LogP contribution in [0.5, 0.6) is 5.75 Å². The molecular formula is C22H24N2O4S. The van der Waals surface area contributed by atoms with Crippen molar-refractivity contribution >= 4 is 33.4 Å². The number of thiazole rings is 1. The number of ether oxygens (including phenoxy) is 2. The van der Waals surface area contributed by atoms with Crippen LogP contribution in [0.15, 0.2) is 48.5 Å². The number of carbonyl (C=O) groups is 2. The third kappa shape index (κ3) is 5.77. The Kier molecular flexibility index (Phi) is 7.19. The summed E-state index contributed by atoms with van der Waals surface area (Å²) in [6.45, 7) is 2.06. The summed E-state index contributed by atoms with van der Waals surface area (Å²) >= 11 is 1.59. The Labute approximate surface area is 173 Å². The predicted molar refractivity (Wildman–Crippen MR) is 113 cm³/mol. The van der Waals surface area contributed by atoms with E-state index in [0.29, 0.717) is 25.2 Å². The third-order valence-corrected chi connectivity index (χ3v) is 5.51. The Hall–Kier alpha value is -2.93. The minimum atomic E-state index is -0.480. The number of methoxy groups -OCH3 is 1.